The Bertz CT molecular complexity index is 1150. The summed E-state index contributed by atoms with van der Waals surface area (Å²) in [5.74, 6) is 0. The molecule has 0 aromatic heterocycles. The van der Waals surface area contributed by atoms with E-state index >= 15 is 0 Å². The highest BCUT2D eigenvalue weighted by Crippen LogP contribution is 2.36. The van der Waals surface area contributed by atoms with E-state index < -0.39 is 5.60 Å². The largest absolute Gasteiger partial charge is 0.445 e. The number of piperidine rings is 1. The van der Waals surface area contributed by atoms with Gasteiger partial charge in [0.1, 0.15) is 12.2 Å². The van der Waals surface area contributed by atoms with Gasteiger partial charge < -0.3 is 24.2 Å². The molecule has 0 saturated carbocycles. The predicted molar refractivity (Wildman–Crippen MR) is 149 cm³/mol. The van der Waals surface area contributed by atoms with Gasteiger partial charge in [-0.2, -0.15) is 0 Å². The number of carbonyl (C=O) groups excluding carboxylic acids is 2. The smallest absolute Gasteiger partial charge is 0.410 e. The maximum atomic E-state index is 12.7. The van der Waals surface area contributed by atoms with Crippen LogP contribution in [0.15, 0.2) is 60.2 Å². The number of ether oxygens (including phenoxy) is 2. The fraction of sp³-hybridized carbons (Fsp3) is 0.484. The van der Waals surface area contributed by atoms with Crippen molar-refractivity contribution in [3.8, 4) is 0 Å². The van der Waals surface area contributed by atoms with E-state index in [2.05, 4.69) is 35.2 Å². The van der Waals surface area contributed by atoms with Gasteiger partial charge in [0.05, 0.1) is 0 Å². The normalized spacial score (nSPS) is 21.3. The van der Waals surface area contributed by atoms with Crippen LogP contribution in [0.3, 0.4) is 0 Å². The fourth-order valence-corrected chi connectivity index (χ4v) is 5.74. The molecule has 5 rings (SSSR count). The van der Waals surface area contributed by atoms with Crippen molar-refractivity contribution in [1.82, 2.24) is 9.80 Å². The Balaban J connectivity index is 1.17. The number of piperazine rings is 1. The van der Waals surface area contributed by atoms with Gasteiger partial charge in [0.15, 0.2) is 0 Å². The van der Waals surface area contributed by atoms with Crippen LogP contribution in [-0.2, 0) is 16.1 Å². The maximum Gasteiger partial charge on any atom is 0.410 e. The molecule has 2 aromatic carbocycles. The molecule has 3 aliphatic rings. The van der Waals surface area contributed by atoms with Crippen molar-refractivity contribution in [1.29, 1.82) is 0 Å². The van der Waals surface area contributed by atoms with Gasteiger partial charge in [-0.05, 0) is 69.7 Å². The number of rotatable bonds is 4. The van der Waals surface area contributed by atoms with Crippen molar-refractivity contribution in [2.75, 3.05) is 31.1 Å². The minimum atomic E-state index is -0.478. The van der Waals surface area contributed by atoms with Crippen LogP contribution in [-0.4, -0.2) is 65.9 Å². The lowest BCUT2D eigenvalue weighted by Gasteiger charge is -2.42. The van der Waals surface area contributed by atoms with Crippen LogP contribution in [0, 0.1) is 0 Å². The van der Waals surface area contributed by atoms with Gasteiger partial charge in [-0.25, -0.2) is 9.59 Å². The lowest BCUT2D eigenvalue weighted by molar-refractivity contribution is 0.0209. The topological polar surface area (TPSA) is 62.3 Å². The number of amides is 2. The molecule has 3 aliphatic heterocycles. The van der Waals surface area contributed by atoms with Crippen molar-refractivity contribution in [2.24, 2.45) is 0 Å². The van der Waals surface area contributed by atoms with Gasteiger partial charge in [0.2, 0.25) is 0 Å². The highest BCUT2D eigenvalue weighted by atomic mass is 16.6. The molecule has 2 atom stereocenters. The molecular formula is C31H39N3O4. The first-order valence-electron chi connectivity index (χ1n) is 13.8. The molecule has 2 bridgehead atoms. The molecule has 3 saturated heterocycles. The molecular weight excluding hydrogens is 478 g/mol. The van der Waals surface area contributed by atoms with E-state index in [4.69, 9.17) is 9.47 Å². The zero-order valence-corrected chi connectivity index (χ0v) is 22.8. The van der Waals surface area contributed by atoms with Crippen molar-refractivity contribution in [2.45, 2.75) is 70.7 Å². The average Bonchev–Trinajstić information content (AvgIpc) is 3.16. The summed E-state index contributed by atoms with van der Waals surface area (Å²) in [5, 5.41) is 0. The van der Waals surface area contributed by atoms with Crippen LogP contribution >= 0.6 is 0 Å². The Kier molecular flexibility index (Phi) is 7.63. The minimum Gasteiger partial charge on any atom is -0.445 e. The monoisotopic (exact) mass is 517 g/mol. The summed E-state index contributed by atoms with van der Waals surface area (Å²) in [6.07, 6.45) is 5.71. The van der Waals surface area contributed by atoms with Crippen molar-refractivity contribution in [3.63, 3.8) is 0 Å². The predicted octanol–water partition coefficient (Wildman–Crippen LogP) is 6.09. The lowest BCUT2D eigenvalue weighted by Crippen LogP contribution is -2.56. The SMILES string of the molecule is CC(C)(C)OC(=O)N1C[C@H]2CC[C@@H](C1)N2c1cccc(C=C2CCN(C(=O)OCc3ccccc3)CC2)c1. The highest BCUT2D eigenvalue weighted by Gasteiger charge is 2.42. The molecule has 7 heteroatoms. The van der Waals surface area contributed by atoms with E-state index in [0.29, 0.717) is 44.9 Å². The first-order chi connectivity index (χ1) is 18.2. The van der Waals surface area contributed by atoms with Crippen LogP contribution in [0.1, 0.15) is 57.6 Å². The molecule has 0 spiro atoms. The van der Waals surface area contributed by atoms with Crippen LogP contribution in [0.2, 0.25) is 0 Å². The Hall–Kier alpha value is -3.48. The van der Waals surface area contributed by atoms with Gasteiger partial charge in [-0.1, -0.05) is 54.1 Å². The molecule has 0 radical (unpaired) electrons. The second-order valence-corrected chi connectivity index (χ2v) is 11.6. The Labute approximate surface area is 226 Å². The molecule has 7 nitrogen and oxygen atoms in total. The number of likely N-dealkylation sites (tertiary alicyclic amines) is 2. The third-order valence-electron chi connectivity index (χ3n) is 7.54. The van der Waals surface area contributed by atoms with E-state index in [9.17, 15) is 9.59 Å². The Morgan fingerprint density at radius 3 is 2.24 bits per heavy atom. The van der Waals surface area contributed by atoms with Crippen LogP contribution in [0.5, 0.6) is 0 Å². The molecule has 3 fully saturated rings. The van der Waals surface area contributed by atoms with Crippen molar-refractivity contribution >= 4 is 23.9 Å². The molecule has 38 heavy (non-hydrogen) atoms. The molecule has 0 aliphatic carbocycles. The van der Waals surface area contributed by atoms with Crippen LogP contribution in [0.4, 0.5) is 15.3 Å². The van der Waals surface area contributed by atoms with Crippen LogP contribution < -0.4 is 4.90 Å². The molecule has 2 amide bonds. The second-order valence-electron chi connectivity index (χ2n) is 11.6. The summed E-state index contributed by atoms with van der Waals surface area (Å²) >= 11 is 0. The molecule has 0 unspecified atom stereocenters. The summed E-state index contributed by atoms with van der Waals surface area (Å²) in [4.78, 5) is 31.4. The molecule has 3 heterocycles. The van der Waals surface area contributed by atoms with E-state index in [-0.39, 0.29) is 12.2 Å². The maximum absolute atomic E-state index is 12.7. The van der Waals surface area contributed by atoms with Gasteiger partial charge in [-0.3, -0.25) is 0 Å². The highest BCUT2D eigenvalue weighted by molar-refractivity contribution is 5.70. The van der Waals surface area contributed by atoms with Gasteiger partial charge in [0.25, 0.3) is 0 Å². The summed E-state index contributed by atoms with van der Waals surface area (Å²) in [6, 6.07) is 19.1. The molecule has 0 N–H and O–H groups in total. The number of carbonyl (C=O) groups is 2. The van der Waals surface area contributed by atoms with Crippen molar-refractivity contribution in [3.05, 3.63) is 71.3 Å². The zero-order chi connectivity index (χ0) is 26.7. The number of anilines is 1. The summed E-state index contributed by atoms with van der Waals surface area (Å²) < 4.78 is 11.1. The van der Waals surface area contributed by atoms with Gasteiger partial charge >= 0.3 is 12.2 Å². The van der Waals surface area contributed by atoms with E-state index in [1.807, 2.05) is 56.0 Å². The van der Waals surface area contributed by atoms with Gasteiger partial charge in [0, 0.05) is 44.0 Å². The first kappa shape index (κ1) is 26.1. The minimum absolute atomic E-state index is 0.206. The summed E-state index contributed by atoms with van der Waals surface area (Å²) in [5.41, 5.74) is 4.28. The van der Waals surface area contributed by atoms with E-state index in [0.717, 1.165) is 31.2 Å². The molecule has 202 valence electrons. The second kappa shape index (κ2) is 11.1. The van der Waals surface area contributed by atoms with Crippen molar-refractivity contribution < 1.29 is 19.1 Å². The third kappa shape index (κ3) is 6.32. The Morgan fingerprint density at radius 2 is 1.58 bits per heavy atom. The number of fused-ring (bicyclic) bond motifs is 2. The standard InChI is InChI=1S/C31H39N3O4/c1-31(2,3)38-30(36)33-20-27-12-13-28(21-33)34(27)26-11-7-10-25(19-26)18-23-14-16-32(17-15-23)29(35)37-22-24-8-5-4-6-9-24/h4-11,18-19,27-28H,12-17,20-22H2,1-3H3/t27-,28+. The fourth-order valence-electron chi connectivity index (χ4n) is 5.74. The van der Waals surface area contributed by atoms with Crippen LogP contribution in [0.25, 0.3) is 6.08 Å². The number of hydrogen-bond acceptors (Lipinski definition) is 5. The lowest BCUT2D eigenvalue weighted by atomic mass is 10.0. The Morgan fingerprint density at radius 1 is 0.895 bits per heavy atom. The zero-order valence-electron chi connectivity index (χ0n) is 22.8. The van der Waals surface area contributed by atoms with E-state index in [1.165, 1.54) is 16.8 Å². The summed E-state index contributed by atoms with van der Waals surface area (Å²) in [6.45, 7) is 8.80. The van der Waals surface area contributed by atoms with E-state index in [1.54, 1.807) is 4.90 Å². The van der Waals surface area contributed by atoms with Gasteiger partial charge in [-0.15, -0.1) is 0 Å². The average molecular weight is 518 g/mol. The number of nitrogens with zero attached hydrogens (tertiary/aromatic N) is 3. The number of hydrogen-bond donors (Lipinski definition) is 0. The molecule has 2 aromatic rings. The number of benzene rings is 2. The quantitative estimate of drug-likeness (QED) is 0.491. The third-order valence-corrected chi connectivity index (χ3v) is 7.54. The summed E-state index contributed by atoms with van der Waals surface area (Å²) in [7, 11) is 0. The first-order valence-corrected chi connectivity index (χ1v) is 13.8.